The highest BCUT2D eigenvalue weighted by Crippen LogP contribution is 2.36. The number of thioether (sulfide) groups is 1. The van der Waals surface area contributed by atoms with Gasteiger partial charge in [-0.25, -0.2) is 0 Å². The number of nitrogens with zero attached hydrogens (tertiary/aromatic N) is 4. The summed E-state index contributed by atoms with van der Waals surface area (Å²) in [7, 11) is 0. The molecular formula is C17H14N4O2S2. The first-order valence-electron chi connectivity index (χ1n) is 7.63. The molecule has 0 aliphatic heterocycles. The van der Waals surface area contributed by atoms with Crippen LogP contribution < -0.4 is 0 Å². The van der Waals surface area contributed by atoms with E-state index in [0.29, 0.717) is 22.9 Å². The van der Waals surface area contributed by atoms with Crippen molar-refractivity contribution in [2.24, 2.45) is 0 Å². The summed E-state index contributed by atoms with van der Waals surface area (Å²) in [6.45, 7) is 3.99. The van der Waals surface area contributed by atoms with Gasteiger partial charge in [-0.15, -0.1) is 31.7 Å². The molecule has 1 atom stereocenters. The Balaban J connectivity index is 1.49. The SMILES string of the molecule is Cc1cccc(-c2nnc(S[C@@H](C)c3nnc(-c4cccs4)o3)o2)c1. The Morgan fingerprint density at radius 3 is 2.68 bits per heavy atom. The number of benzene rings is 1. The number of aromatic nitrogens is 4. The van der Waals surface area contributed by atoms with Crippen LogP contribution in [-0.2, 0) is 0 Å². The third-order valence-corrected chi connectivity index (χ3v) is 5.25. The second kappa shape index (κ2) is 6.81. The fraction of sp³-hybridized carbons (Fsp3) is 0.176. The first-order chi connectivity index (χ1) is 12.2. The summed E-state index contributed by atoms with van der Waals surface area (Å²) in [5.41, 5.74) is 2.05. The average Bonchev–Trinajstić information content (AvgIpc) is 3.35. The summed E-state index contributed by atoms with van der Waals surface area (Å²) in [5, 5.41) is 18.8. The van der Waals surface area contributed by atoms with Crippen LogP contribution in [0.4, 0.5) is 0 Å². The topological polar surface area (TPSA) is 77.8 Å². The van der Waals surface area contributed by atoms with Crippen LogP contribution in [0.15, 0.2) is 55.8 Å². The lowest BCUT2D eigenvalue weighted by molar-refractivity contribution is 0.461. The van der Waals surface area contributed by atoms with E-state index in [2.05, 4.69) is 20.4 Å². The Bertz CT molecular complexity index is 978. The van der Waals surface area contributed by atoms with Gasteiger partial charge < -0.3 is 8.83 Å². The van der Waals surface area contributed by atoms with Gasteiger partial charge in [0.05, 0.1) is 10.1 Å². The highest BCUT2D eigenvalue weighted by atomic mass is 32.2. The predicted molar refractivity (Wildman–Crippen MR) is 96.4 cm³/mol. The van der Waals surface area contributed by atoms with E-state index in [1.54, 1.807) is 11.3 Å². The maximum atomic E-state index is 5.75. The zero-order valence-electron chi connectivity index (χ0n) is 13.5. The molecule has 0 N–H and O–H groups in total. The number of hydrogen-bond acceptors (Lipinski definition) is 8. The minimum atomic E-state index is -0.0907. The minimum absolute atomic E-state index is 0.0907. The van der Waals surface area contributed by atoms with Crippen molar-refractivity contribution in [2.45, 2.75) is 24.3 Å². The first-order valence-corrected chi connectivity index (χ1v) is 9.39. The van der Waals surface area contributed by atoms with Crippen molar-refractivity contribution in [3.8, 4) is 22.2 Å². The molecule has 0 aliphatic rings. The monoisotopic (exact) mass is 370 g/mol. The predicted octanol–water partition coefficient (Wildman–Crippen LogP) is 5.01. The Kier molecular flexibility index (Phi) is 4.37. The number of hydrogen-bond donors (Lipinski definition) is 0. The molecule has 1 aromatic carbocycles. The quantitative estimate of drug-likeness (QED) is 0.457. The van der Waals surface area contributed by atoms with Crippen LogP contribution in [0.3, 0.4) is 0 Å². The second-order valence-corrected chi connectivity index (χ2v) is 7.67. The van der Waals surface area contributed by atoms with Gasteiger partial charge >= 0.3 is 0 Å². The average molecular weight is 370 g/mol. The van der Waals surface area contributed by atoms with Crippen LogP contribution in [0.25, 0.3) is 22.2 Å². The molecule has 3 heterocycles. The largest absolute Gasteiger partial charge is 0.419 e. The highest BCUT2D eigenvalue weighted by Gasteiger charge is 2.20. The fourth-order valence-corrected chi connectivity index (χ4v) is 3.61. The molecule has 0 bridgehead atoms. The van der Waals surface area contributed by atoms with E-state index in [9.17, 15) is 0 Å². The normalized spacial score (nSPS) is 12.4. The maximum Gasteiger partial charge on any atom is 0.277 e. The second-order valence-electron chi connectivity index (χ2n) is 5.43. The molecule has 6 nitrogen and oxygen atoms in total. The molecular weight excluding hydrogens is 356 g/mol. The van der Waals surface area contributed by atoms with Gasteiger partial charge in [0.1, 0.15) is 0 Å². The molecule has 126 valence electrons. The van der Waals surface area contributed by atoms with Crippen LogP contribution in [0.5, 0.6) is 0 Å². The van der Waals surface area contributed by atoms with Crippen molar-refractivity contribution < 1.29 is 8.83 Å². The first kappa shape index (κ1) is 16.0. The molecule has 4 aromatic rings. The summed E-state index contributed by atoms with van der Waals surface area (Å²) in [6.07, 6.45) is 0. The lowest BCUT2D eigenvalue weighted by Crippen LogP contribution is -1.88. The van der Waals surface area contributed by atoms with Crippen molar-refractivity contribution in [3.63, 3.8) is 0 Å². The Hall–Kier alpha value is -2.45. The van der Waals surface area contributed by atoms with E-state index < -0.39 is 0 Å². The van der Waals surface area contributed by atoms with E-state index in [1.165, 1.54) is 11.8 Å². The summed E-state index contributed by atoms with van der Waals surface area (Å²) >= 11 is 2.96. The Labute approximate surface area is 152 Å². The summed E-state index contributed by atoms with van der Waals surface area (Å²) in [5.74, 6) is 1.57. The molecule has 4 rings (SSSR count). The molecule has 0 saturated carbocycles. The molecule has 8 heteroatoms. The zero-order valence-corrected chi connectivity index (χ0v) is 15.2. The fourth-order valence-electron chi connectivity index (χ4n) is 2.25. The van der Waals surface area contributed by atoms with E-state index in [-0.39, 0.29) is 5.25 Å². The molecule has 0 aliphatic carbocycles. The molecule has 0 fully saturated rings. The van der Waals surface area contributed by atoms with Gasteiger partial charge in [0.25, 0.3) is 11.1 Å². The van der Waals surface area contributed by atoms with Gasteiger partial charge in [0.15, 0.2) is 0 Å². The lowest BCUT2D eigenvalue weighted by Gasteiger charge is -2.01. The van der Waals surface area contributed by atoms with Gasteiger partial charge in [-0.1, -0.05) is 35.5 Å². The standard InChI is InChI=1S/C17H14N4O2S2/c1-10-5-3-6-12(9-10)15-19-21-17(23-15)25-11(2)14-18-20-16(22-14)13-7-4-8-24-13/h3-9,11H,1-2H3/t11-/m0/s1. The molecule has 0 saturated heterocycles. The van der Waals surface area contributed by atoms with E-state index in [1.807, 2.05) is 55.6 Å². The van der Waals surface area contributed by atoms with Crippen molar-refractivity contribution in [3.05, 3.63) is 53.2 Å². The van der Waals surface area contributed by atoms with E-state index in [4.69, 9.17) is 8.83 Å². The van der Waals surface area contributed by atoms with Crippen molar-refractivity contribution in [1.29, 1.82) is 0 Å². The maximum absolute atomic E-state index is 5.75. The van der Waals surface area contributed by atoms with Gasteiger partial charge in [-0.05, 0) is 37.4 Å². The lowest BCUT2D eigenvalue weighted by atomic mass is 10.1. The third-order valence-electron chi connectivity index (χ3n) is 3.47. The van der Waals surface area contributed by atoms with Crippen LogP contribution in [0.2, 0.25) is 0 Å². The zero-order chi connectivity index (χ0) is 17.2. The minimum Gasteiger partial charge on any atom is -0.419 e. The number of aryl methyl sites for hydroxylation is 1. The summed E-state index contributed by atoms with van der Waals surface area (Å²) in [4.78, 5) is 0.954. The van der Waals surface area contributed by atoms with Gasteiger partial charge in [0, 0.05) is 5.56 Å². The summed E-state index contributed by atoms with van der Waals surface area (Å²) < 4.78 is 11.5. The smallest absolute Gasteiger partial charge is 0.277 e. The highest BCUT2D eigenvalue weighted by molar-refractivity contribution is 7.99. The van der Waals surface area contributed by atoms with Crippen molar-refractivity contribution in [2.75, 3.05) is 0 Å². The summed E-state index contributed by atoms with van der Waals surface area (Å²) in [6, 6.07) is 11.9. The van der Waals surface area contributed by atoms with Crippen molar-refractivity contribution >= 4 is 23.1 Å². The van der Waals surface area contributed by atoms with Crippen LogP contribution in [-0.4, -0.2) is 20.4 Å². The number of rotatable bonds is 5. The van der Waals surface area contributed by atoms with Crippen LogP contribution in [0.1, 0.15) is 23.6 Å². The van der Waals surface area contributed by atoms with Gasteiger partial charge in [-0.2, -0.15) is 0 Å². The Morgan fingerprint density at radius 1 is 1.00 bits per heavy atom. The molecule has 0 spiro atoms. The third kappa shape index (κ3) is 3.49. The van der Waals surface area contributed by atoms with Gasteiger partial charge in [0.2, 0.25) is 11.8 Å². The molecule has 0 unspecified atom stereocenters. The molecule has 0 amide bonds. The van der Waals surface area contributed by atoms with Crippen LogP contribution >= 0.6 is 23.1 Å². The molecule has 25 heavy (non-hydrogen) atoms. The van der Waals surface area contributed by atoms with Gasteiger partial charge in [-0.3, -0.25) is 0 Å². The Morgan fingerprint density at radius 2 is 1.88 bits per heavy atom. The van der Waals surface area contributed by atoms with Crippen LogP contribution in [0, 0.1) is 6.92 Å². The van der Waals surface area contributed by atoms with E-state index >= 15 is 0 Å². The molecule has 0 radical (unpaired) electrons. The molecule has 3 aromatic heterocycles. The number of thiophene rings is 1. The van der Waals surface area contributed by atoms with Crippen molar-refractivity contribution in [1.82, 2.24) is 20.4 Å². The van der Waals surface area contributed by atoms with E-state index in [0.717, 1.165) is 16.0 Å².